The van der Waals surface area contributed by atoms with Crippen LogP contribution in [0.4, 0.5) is 11.4 Å². The highest BCUT2D eigenvalue weighted by atomic mass is 32.1. The van der Waals surface area contributed by atoms with Crippen LogP contribution in [-0.4, -0.2) is 16.8 Å². The molecule has 4 rings (SSSR count). The van der Waals surface area contributed by atoms with E-state index in [1.165, 1.54) is 11.3 Å². The van der Waals surface area contributed by atoms with E-state index in [9.17, 15) is 9.59 Å². The Kier molecular flexibility index (Phi) is 5.10. The van der Waals surface area contributed by atoms with Crippen LogP contribution in [0.2, 0.25) is 0 Å². The molecule has 0 saturated carbocycles. The fraction of sp³-hybridized carbons (Fsp3) is 0.0870. The van der Waals surface area contributed by atoms with Crippen LogP contribution in [0, 0.1) is 13.8 Å². The van der Waals surface area contributed by atoms with Crippen LogP contribution < -0.4 is 10.6 Å². The molecule has 5 nitrogen and oxygen atoms in total. The lowest BCUT2D eigenvalue weighted by Gasteiger charge is -2.10. The molecule has 4 aromatic rings. The average Bonchev–Trinajstić information content (AvgIpc) is 3.24. The lowest BCUT2D eigenvalue weighted by Crippen LogP contribution is -2.14. The molecule has 0 saturated heterocycles. The minimum Gasteiger partial charge on any atom is -0.322 e. The third-order valence-corrected chi connectivity index (χ3v) is 5.42. The van der Waals surface area contributed by atoms with E-state index >= 15 is 0 Å². The highest BCUT2D eigenvalue weighted by Crippen LogP contribution is 2.21. The molecule has 2 amide bonds. The van der Waals surface area contributed by atoms with Gasteiger partial charge in [-0.2, -0.15) is 0 Å². The quantitative estimate of drug-likeness (QED) is 0.480. The third-order valence-electron chi connectivity index (χ3n) is 4.55. The van der Waals surface area contributed by atoms with E-state index in [4.69, 9.17) is 0 Å². The van der Waals surface area contributed by atoms with Crippen molar-refractivity contribution in [2.75, 3.05) is 10.6 Å². The summed E-state index contributed by atoms with van der Waals surface area (Å²) in [4.78, 5) is 30.1. The van der Waals surface area contributed by atoms with Gasteiger partial charge in [0.15, 0.2) is 0 Å². The minimum absolute atomic E-state index is 0.148. The smallest absolute Gasteiger partial charge is 0.265 e. The molecule has 2 heterocycles. The van der Waals surface area contributed by atoms with Crippen molar-refractivity contribution in [1.82, 2.24) is 4.98 Å². The lowest BCUT2D eigenvalue weighted by atomic mass is 10.1. The second kappa shape index (κ2) is 7.85. The van der Waals surface area contributed by atoms with Gasteiger partial charge in [0.1, 0.15) is 0 Å². The number of amides is 2. The van der Waals surface area contributed by atoms with Crippen molar-refractivity contribution < 1.29 is 9.59 Å². The molecule has 0 atom stereocenters. The zero-order valence-corrected chi connectivity index (χ0v) is 16.8. The monoisotopic (exact) mass is 401 g/mol. The van der Waals surface area contributed by atoms with Gasteiger partial charge >= 0.3 is 0 Å². The fourth-order valence-electron chi connectivity index (χ4n) is 3.06. The van der Waals surface area contributed by atoms with Gasteiger partial charge in [-0.1, -0.05) is 17.7 Å². The fourth-order valence-corrected chi connectivity index (χ4v) is 3.68. The van der Waals surface area contributed by atoms with Crippen molar-refractivity contribution in [2.24, 2.45) is 0 Å². The van der Waals surface area contributed by atoms with Crippen molar-refractivity contribution in [3.05, 3.63) is 87.7 Å². The molecule has 2 aromatic carbocycles. The number of fused-ring (bicyclic) bond motifs is 1. The number of anilines is 2. The Morgan fingerprint density at radius 1 is 0.862 bits per heavy atom. The Balaban J connectivity index is 1.49. The Morgan fingerprint density at radius 3 is 2.21 bits per heavy atom. The second-order valence-corrected chi connectivity index (χ2v) is 7.73. The van der Waals surface area contributed by atoms with Gasteiger partial charge in [0.25, 0.3) is 11.8 Å². The van der Waals surface area contributed by atoms with Crippen LogP contribution in [0.3, 0.4) is 0 Å². The largest absolute Gasteiger partial charge is 0.322 e. The maximum Gasteiger partial charge on any atom is 0.265 e. The number of benzene rings is 2. The molecule has 0 radical (unpaired) electrons. The first kappa shape index (κ1) is 18.8. The molecule has 6 heteroatoms. The third kappa shape index (κ3) is 4.17. The summed E-state index contributed by atoms with van der Waals surface area (Å²) < 4.78 is 0. The predicted molar refractivity (Wildman–Crippen MR) is 118 cm³/mol. The number of aryl methyl sites for hydroxylation is 2. The van der Waals surface area contributed by atoms with Crippen molar-refractivity contribution in [3.8, 4) is 0 Å². The molecular formula is C23H19N3O2S. The van der Waals surface area contributed by atoms with Crippen LogP contribution in [0.15, 0.2) is 66.0 Å². The number of hydrogen-bond donors (Lipinski definition) is 2. The summed E-state index contributed by atoms with van der Waals surface area (Å²) in [6, 6.07) is 18.5. The van der Waals surface area contributed by atoms with Gasteiger partial charge in [0.2, 0.25) is 0 Å². The minimum atomic E-state index is -0.214. The van der Waals surface area contributed by atoms with Gasteiger partial charge in [-0.15, -0.1) is 11.3 Å². The van der Waals surface area contributed by atoms with E-state index < -0.39 is 0 Å². The van der Waals surface area contributed by atoms with E-state index in [0.717, 1.165) is 16.5 Å². The van der Waals surface area contributed by atoms with Crippen molar-refractivity contribution in [3.63, 3.8) is 0 Å². The predicted octanol–water partition coefficient (Wildman–Crippen LogP) is 5.42. The van der Waals surface area contributed by atoms with Crippen LogP contribution in [0.1, 0.15) is 31.3 Å². The number of rotatable bonds is 4. The van der Waals surface area contributed by atoms with Gasteiger partial charge in [-0.05, 0) is 67.8 Å². The van der Waals surface area contributed by atoms with Gasteiger partial charge in [0, 0.05) is 16.8 Å². The zero-order valence-electron chi connectivity index (χ0n) is 16.0. The molecule has 0 aliphatic rings. The van der Waals surface area contributed by atoms with E-state index in [1.807, 2.05) is 49.6 Å². The number of nitrogens with one attached hydrogen (secondary N) is 2. The molecule has 0 aliphatic heterocycles. The number of pyridine rings is 1. The van der Waals surface area contributed by atoms with Crippen LogP contribution in [0.25, 0.3) is 10.9 Å². The van der Waals surface area contributed by atoms with Gasteiger partial charge in [-0.3, -0.25) is 14.6 Å². The standard InChI is InChI=1S/C23H19N3O2S/c1-14-5-10-20-16(12-14)13-19(15(2)24-20)22(27)25-17-6-8-18(9-7-17)26-23(28)21-4-3-11-29-21/h3-13H,1-2H3,(H,25,27)(H,26,28). The average molecular weight is 401 g/mol. The summed E-state index contributed by atoms with van der Waals surface area (Å²) in [6.07, 6.45) is 0. The Morgan fingerprint density at radius 2 is 1.55 bits per heavy atom. The van der Waals surface area contributed by atoms with Crippen molar-refractivity contribution in [1.29, 1.82) is 0 Å². The highest BCUT2D eigenvalue weighted by molar-refractivity contribution is 7.12. The number of nitrogens with zero attached hydrogens (tertiary/aromatic N) is 1. The summed E-state index contributed by atoms with van der Waals surface area (Å²) in [6.45, 7) is 3.84. The molecule has 2 N–H and O–H groups in total. The number of hydrogen-bond acceptors (Lipinski definition) is 4. The second-order valence-electron chi connectivity index (χ2n) is 6.78. The number of aromatic nitrogens is 1. The normalized spacial score (nSPS) is 10.7. The molecule has 0 spiro atoms. The van der Waals surface area contributed by atoms with E-state index in [1.54, 1.807) is 30.3 Å². The summed E-state index contributed by atoms with van der Waals surface area (Å²) in [5.41, 5.74) is 4.52. The van der Waals surface area contributed by atoms with Crippen LogP contribution in [0.5, 0.6) is 0 Å². The lowest BCUT2D eigenvalue weighted by molar-refractivity contribution is 0.101. The molecule has 29 heavy (non-hydrogen) atoms. The first-order chi connectivity index (χ1) is 14.0. The molecule has 144 valence electrons. The molecule has 2 aromatic heterocycles. The van der Waals surface area contributed by atoms with Crippen molar-refractivity contribution in [2.45, 2.75) is 13.8 Å². The Bertz CT molecular complexity index is 1200. The molecule has 0 unspecified atom stereocenters. The summed E-state index contributed by atoms with van der Waals surface area (Å²) in [5.74, 6) is -0.362. The summed E-state index contributed by atoms with van der Waals surface area (Å²) >= 11 is 1.39. The molecular weight excluding hydrogens is 382 g/mol. The van der Waals surface area contributed by atoms with E-state index in [-0.39, 0.29) is 11.8 Å². The SMILES string of the molecule is Cc1ccc2nc(C)c(C(=O)Nc3ccc(NC(=O)c4cccs4)cc3)cc2c1. The first-order valence-electron chi connectivity index (χ1n) is 9.14. The number of carbonyl (C=O) groups is 2. The topological polar surface area (TPSA) is 71.1 Å². The Hall–Kier alpha value is -3.51. The van der Waals surface area contributed by atoms with E-state index in [2.05, 4.69) is 15.6 Å². The molecule has 0 bridgehead atoms. The van der Waals surface area contributed by atoms with Crippen LogP contribution in [-0.2, 0) is 0 Å². The van der Waals surface area contributed by atoms with Crippen molar-refractivity contribution >= 4 is 45.4 Å². The highest BCUT2D eigenvalue weighted by Gasteiger charge is 2.13. The van der Waals surface area contributed by atoms with Crippen LogP contribution >= 0.6 is 11.3 Å². The first-order valence-corrected chi connectivity index (χ1v) is 10.0. The summed E-state index contributed by atoms with van der Waals surface area (Å²) in [7, 11) is 0. The number of thiophene rings is 1. The molecule has 0 fully saturated rings. The maximum atomic E-state index is 12.8. The Labute approximate surface area is 172 Å². The van der Waals surface area contributed by atoms with Gasteiger partial charge in [0.05, 0.1) is 21.7 Å². The maximum absolute atomic E-state index is 12.8. The van der Waals surface area contributed by atoms with E-state index in [0.29, 0.717) is 27.5 Å². The molecule has 0 aliphatic carbocycles. The summed E-state index contributed by atoms with van der Waals surface area (Å²) in [5, 5.41) is 8.53. The zero-order chi connectivity index (χ0) is 20.4. The van der Waals surface area contributed by atoms with Gasteiger partial charge in [-0.25, -0.2) is 0 Å². The number of carbonyl (C=O) groups excluding carboxylic acids is 2. The van der Waals surface area contributed by atoms with Gasteiger partial charge < -0.3 is 10.6 Å².